The van der Waals surface area contributed by atoms with Gasteiger partial charge in [0, 0.05) is 5.25 Å². The van der Waals surface area contributed by atoms with Gasteiger partial charge in [-0.3, -0.25) is 4.68 Å². The molecule has 1 aromatic heterocycles. The number of halogens is 1. The van der Waals surface area contributed by atoms with Gasteiger partial charge in [0.25, 0.3) is 0 Å². The Morgan fingerprint density at radius 3 is 3.21 bits per heavy atom. The fraction of sp³-hybridized carbons (Fsp3) is 0.667. The van der Waals surface area contributed by atoms with Crippen molar-refractivity contribution in [2.75, 3.05) is 12.9 Å². The molecule has 2 heterocycles. The van der Waals surface area contributed by atoms with Crippen molar-refractivity contribution in [3.63, 3.8) is 0 Å². The summed E-state index contributed by atoms with van der Waals surface area (Å²) >= 11 is 5.53. The van der Waals surface area contributed by atoms with Crippen LogP contribution in [0.5, 0.6) is 5.75 Å². The topological polar surface area (TPSA) is 27.1 Å². The van der Waals surface area contributed by atoms with Crippen LogP contribution in [0.15, 0.2) is 10.8 Å². The standard InChI is InChI=1S/C9H13BrN2OS/c1-13-8-5-11-12(9(8)10)6-7-3-2-4-14-7/h5,7H,2-4,6H2,1H3. The van der Waals surface area contributed by atoms with Crippen LogP contribution < -0.4 is 4.74 Å². The average molecular weight is 277 g/mol. The summed E-state index contributed by atoms with van der Waals surface area (Å²) in [5.74, 6) is 2.11. The van der Waals surface area contributed by atoms with Crippen molar-refractivity contribution in [3.05, 3.63) is 10.8 Å². The second-order valence-corrected chi connectivity index (χ2v) is 5.48. The van der Waals surface area contributed by atoms with E-state index in [9.17, 15) is 0 Å². The third kappa shape index (κ3) is 2.08. The number of rotatable bonds is 3. The minimum absolute atomic E-state index is 0.718. The Hall–Kier alpha value is -0.160. The van der Waals surface area contributed by atoms with E-state index in [0.29, 0.717) is 0 Å². The van der Waals surface area contributed by atoms with E-state index in [1.165, 1.54) is 18.6 Å². The molecule has 2 rings (SSSR count). The van der Waals surface area contributed by atoms with Gasteiger partial charge in [-0.1, -0.05) is 0 Å². The molecule has 0 bridgehead atoms. The van der Waals surface area contributed by atoms with Crippen LogP contribution in [-0.2, 0) is 6.54 Å². The molecule has 0 spiro atoms. The molecular formula is C9H13BrN2OS. The molecule has 78 valence electrons. The molecule has 1 unspecified atom stereocenters. The van der Waals surface area contributed by atoms with Crippen molar-refractivity contribution in [1.82, 2.24) is 9.78 Å². The van der Waals surface area contributed by atoms with Gasteiger partial charge in [0.2, 0.25) is 0 Å². The lowest BCUT2D eigenvalue weighted by atomic mass is 10.2. The largest absolute Gasteiger partial charge is 0.492 e. The molecule has 1 aromatic rings. The molecule has 1 atom stereocenters. The first-order chi connectivity index (χ1) is 6.81. The maximum Gasteiger partial charge on any atom is 0.171 e. The molecule has 0 aromatic carbocycles. The van der Waals surface area contributed by atoms with E-state index in [1.807, 2.05) is 16.4 Å². The number of thioether (sulfide) groups is 1. The Kier molecular flexibility index (Phi) is 3.38. The maximum atomic E-state index is 5.15. The predicted octanol–water partition coefficient (Wildman–Crippen LogP) is 2.55. The highest BCUT2D eigenvalue weighted by Gasteiger charge is 2.18. The van der Waals surface area contributed by atoms with E-state index in [4.69, 9.17) is 4.74 Å². The smallest absolute Gasteiger partial charge is 0.171 e. The summed E-state index contributed by atoms with van der Waals surface area (Å²) in [6.45, 7) is 0.981. The van der Waals surface area contributed by atoms with Crippen LogP contribution in [0.2, 0.25) is 0 Å². The summed E-state index contributed by atoms with van der Waals surface area (Å²) in [4.78, 5) is 0. The second kappa shape index (κ2) is 4.57. The fourth-order valence-electron chi connectivity index (χ4n) is 1.60. The molecule has 14 heavy (non-hydrogen) atoms. The van der Waals surface area contributed by atoms with E-state index in [0.717, 1.165) is 22.1 Å². The number of hydrogen-bond acceptors (Lipinski definition) is 3. The maximum absolute atomic E-state index is 5.15. The third-order valence-electron chi connectivity index (χ3n) is 2.36. The van der Waals surface area contributed by atoms with Crippen molar-refractivity contribution < 1.29 is 4.74 Å². The van der Waals surface area contributed by atoms with Crippen molar-refractivity contribution in [1.29, 1.82) is 0 Å². The van der Waals surface area contributed by atoms with Crippen molar-refractivity contribution >= 4 is 27.7 Å². The minimum atomic E-state index is 0.718. The molecule has 0 N–H and O–H groups in total. The average Bonchev–Trinajstić information content (AvgIpc) is 2.79. The summed E-state index contributed by atoms with van der Waals surface area (Å²) in [5, 5.41) is 5.00. The Balaban J connectivity index is 2.04. The lowest BCUT2D eigenvalue weighted by Crippen LogP contribution is -2.11. The molecule has 0 aliphatic carbocycles. The zero-order valence-corrected chi connectivity index (χ0v) is 10.5. The summed E-state index contributed by atoms with van der Waals surface area (Å²) < 4.78 is 8.08. The van der Waals surface area contributed by atoms with Gasteiger partial charge < -0.3 is 4.74 Å². The van der Waals surface area contributed by atoms with Crippen LogP contribution in [0.25, 0.3) is 0 Å². The first-order valence-corrected chi connectivity index (χ1v) is 6.52. The summed E-state index contributed by atoms with van der Waals surface area (Å²) in [6, 6.07) is 0. The minimum Gasteiger partial charge on any atom is -0.492 e. The molecule has 0 amide bonds. The second-order valence-electron chi connectivity index (χ2n) is 3.32. The summed E-state index contributed by atoms with van der Waals surface area (Å²) in [6.07, 6.45) is 4.40. The van der Waals surface area contributed by atoms with Crippen LogP contribution in [0, 0.1) is 0 Å². The normalized spacial score (nSPS) is 21.4. The lowest BCUT2D eigenvalue weighted by Gasteiger charge is -2.09. The molecule has 5 heteroatoms. The Morgan fingerprint density at radius 1 is 1.79 bits per heavy atom. The van der Waals surface area contributed by atoms with Crippen molar-refractivity contribution in [3.8, 4) is 5.75 Å². The lowest BCUT2D eigenvalue weighted by molar-refractivity contribution is 0.410. The molecule has 3 nitrogen and oxygen atoms in total. The molecule has 1 aliphatic heterocycles. The van der Waals surface area contributed by atoms with Crippen LogP contribution in [0.3, 0.4) is 0 Å². The van der Waals surface area contributed by atoms with Gasteiger partial charge in [-0.05, 0) is 34.5 Å². The van der Waals surface area contributed by atoms with Crippen LogP contribution in [0.4, 0.5) is 0 Å². The van der Waals surface area contributed by atoms with Gasteiger partial charge in [0.1, 0.15) is 4.60 Å². The molecule has 1 aliphatic rings. The highest BCUT2D eigenvalue weighted by molar-refractivity contribution is 9.10. The molecular weight excluding hydrogens is 264 g/mol. The van der Waals surface area contributed by atoms with Gasteiger partial charge >= 0.3 is 0 Å². The molecule has 1 fully saturated rings. The van der Waals surface area contributed by atoms with Gasteiger partial charge in [-0.2, -0.15) is 16.9 Å². The number of hydrogen-bond donors (Lipinski definition) is 0. The van der Waals surface area contributed by atoms with Gasteiger partial charge in [0.05, 0.1) is 19.9 Å². The summed E-state index contributed by atoms with van der Waals surface area (Å²) in [7, 11) is 1.66. The van der Waals surface area contributed by atoms with E-state index < -0.39 is 0 Å². The van der Waals surface area contributed by atoms with Crippen LogP contribution in [0.1, 0.15) is 12.8 Å². The zero-order chi connectivity index (χ0) is 9.97. The predicted molar refractivity (Wildman–Crippen MR) is 62.0 cm³/mol. The van der Waals surface area contributed by atoms with E-state index in [-0.39, 0.29) is 0 Å². The van der Waals surface area contributed by atoms with Crippen LogP contribution in [-0.4, -0.2) is 27.9 Å². The fourth-order valence-corrected chi connectivity index (χ4v) is 3.35. The number of nitrogens with zero attached hydrogens (tertiary/aromatic N) is 2. The monoisotopic (exact) mass is 276 g/mol. The SMILES string of the molecule is COc1cnn(CC2CCCS2)c1Br. The Morgan fingerprint density at radius 2 is 2.64 bits per heavy atom. The Labute approximate surface area is 96.3 Å². The van der Waals surface area contributed by atoms with E-state index >= 15 is 0 Å². The van der Waals surface area contributed by atoms with E-state index in [1.54, 1.807) is 13.3 Å². The molecule has 1 saturated heterocycles. The highest BCUT2D eigenvalue weighted by Crippen LogP contribution is 2.30. The van der Waals surface area contributed by atoms with Gasteiger partial charge in [-0.15, -0.1) is 0 Å². The van der Waals surface area contributed by atoms with Gasteiger partial charge in [-0.25, -0.2) is 0 Å². The zero-order valence-electron chi connectivity index (χ0n) is 8.07. The number of aromatic nitrogens is 2. The molecule has 0 saturated carbocycles. The number of methoxy groups -OCH3 is 1. The first kappa shape index (κ1) is 10.4. The third-order valence-corrected chi connectivity index (χ3v) is 4.55. The van der Waals surface area contributed by atoms with E-state index in [2.05, 4.69) is 21.0 Å². The quantitative estimate of drug-likeness (QED) is 0.849. The first-order valence-electron chi connectivity index (χ1n) is 4.68. The number of ether oxygens (including phenoxy) is 1. The Bertz CT molecular complexity index is 310. The molecule has 0 radical (unpaired) electrons. The highest BCUT2D eigenvalue weighted by atomic mass is 79.9. The summed E-state index contributed by atoms with van der Waals surface area (Å²) in [5.41, 5.74) is 0. The van der Waals surface area contributed by atoms with Crippen molar-refractivity contribution in [2.24, 2.45) is 0 Å². The van der Waals surface area contributed by atoms with Gasteiger partial charge in [0.15, 0.2) is 5.75 Å². The van der Waals surface area contributed by atoms with Crippen molar-refractivity contribution in [2.45, 2.75) is 24.6 Å². The van der Waals surface area contributed by atoms with Crippen LogP contribution >= 0.6 is 27.7 Å².